The molecule has 0 aliphatic heterocycles. The third-order valence-electron chi connectivity index (χ3n) is 7.01. The zero-order valence-corrected chi connectivity index (χ0v) is 26.6. The van der Waals surface area contributed by atoms with Crippen molar-refractivity contribution in [1.29, 1.82) is 0 Å². The quantitative estimate of drug-likeness (QED) is 0.239. The Labute approximate surface area is 253 Å². The van der Waals surface area contributed by atoms with Crippen molar-refractivity contribution < 1.29 is 18.0 Å². The molecule has 2 atom stereocenters. The number of carbonyl (C=O) groups is 2. The fourth-order valence-electron chi connectivity index (χ4n) is 4.50. The first-order valence-electron chi connectivity index (χ1n) is 13.9. The third kappa shape index (κ3) is 10.0. The first kappa shape index (κ1) is 32.3. The van der Waals surface area contributed by atoms with Crippen molar-refractivity contribution >= 4 is 43.5 Å². The fraction of sp³-hybridized carbons (Fsp3) is 0.375. The number of hydrogen-bond acceptors (Lipinski definition) is 4. The lowest BCUT2D eigenvalue weighted by Crippen LogP contribution is -2.52. The van der Waals surface area contributed by atoms with E-state index in [2.05, 4.69) is 21.2 Å². The average Bonchev–Trinajstić information content (AvgIpc) is 2.94. The second-order valence-corrected chi connectivity index (χ2v) is 13.3. The van der Waals surface area contributed by atoms with Crippen molar-refractivity contribution in [2.75, 3.05) is 17.1 Å². The van der Waals surface area contributed by atoms with E-state index in [0.29, 0.717) is 18.5 Å². The van der Waals surface area contributed by atoms with E-state index in [0.717, 1.165) is 27.6 Å². The third-order valence-corrected chi connectivity index (χ3v) is 8.74. The molecule has 0 aromatic heterocycles. The molecule has 2 unspecified atom stereocenters. The standard InChI is InChI=1S/C32H40BrN3O4S/c1-5-25(3)34-32(38)30(22-26-10-7-6-8-11-26)35(23-27-15-17-28(33)18-16-27)31(37)12-9-21-36(41(4,39)40)29-19-13-24(2)14-20-29/h6-8,10-11,13-20,25,30H,5,9,12,21-23H2,1-4H3,(H,34,38). The van der Waals surface area contributed by atoms with E-state index in [4.69, 9.17) is 0 Å². The van der Waals surface area contributed by atoms with Crippen molar-refractivity contribution in [2.45, 2.75) is 65.1 Å². The van der Waals surface area contributed by atoms with Gasteiger partial charge in [-0.25, -0.2) is 8.42 Å². The largest absolute Gasteiger partial charge is 0.352 e. The lowest BCUT2D eigenvalue weighted by atomic mass is 10.0. The molecule has 2 amide bonds. The summed E-state index contributed by atoms with van der Waals surface area (Å²) >= 11 is 3.46. The van der Waals surface area contributed by atoms with Crippen LogP contribution in [0.3, 0.4) is 0 Å². The Balaban J connectivity index is 1.88. The minimum atomic E-state index is -3.55. The van der Waals surface area contributed by atoms with Crippen LogP contribution in [0.4, 0.5) is 5.69 Å². The molecule has 0 radical (unpaired) electrons. The van der Waals surface area contributed by atoms with E-state index in [9.17, 15) is 18.0 Å². The summed E-state index contributed by atoms with van der Waals surface area (Å²) in [5, 5.41) is 3.07. The van der Waals surface area contributed by atoms with E-state index in [1.165, 1.54) is 10.6 Å². The molecule has 7 nitrogen and oxygen atoms in total. The van der Waals surface area contributed by atoms with Gasteiger partial charge in [0.2, 0.25) is 21.8 Å². The molecule has 0 saturated carbocycles. The van der Waals surface area contributed by atoms with Crippen LogP contribution in [-0.4, -0.2) is 50.0 Å². The summed E-state index contributed by atoms with van der Waals surface area (Å²) in [5.41, 5.74) is 3.44. The fourth-order valence-corrected chi connectivity index (χ4v) is 5.73. The van der Waals surface area contributed by atoms with Crippen molar-refractivity contribution in [3.05, 3.63) is 100 Å². The maximum Gasteiger partial charge on any atom is 0.243 e. The first-order chi connectivity index (χ1) is 19.5. The van der Waals surface area contributed by atoms with Crippen molar-refractivity contribution in [1.82, 2.24) is 10.2 Å². The van der Waals surface area contributed by atoms with Crippen molar-refractivity contribution in [2.24, 2.45) is 0 Å². The number of carbonyl (C=O) groups excluding carboxylic acids is 2. The number of halogens is 1. The molecule has 0 heterocycles. The number of hydrogen-bond donors (Lipinski definition) is 1. The van der Waals surface area contributed by atoms with Crippen LogP contribution in [0.2, 0.25) is 0 Å². The molecular formula is C32H40BrN3O4S. The molecule has 0 fully saturated rings. The lowest BCUT2D eigenvalue weighted by molar-refractivity contribution is -0.141. The number of nitrogens with zero attached hydrogens (tertiary/aromatic N) is 2. The number of benzene rings is 3. The molecule has 9 heteroatoms. The van der Waals surface area contributed by atoms with Crippen LogP contribution in [0, 0.1) is 6.92 Å². The molecule has 0 bridgehead atoms. The van der Waals surface area contributed by atoms with Crippen LogP contribution < -0.4 is 9.62 Å². The maximum atomic E-state index is 13.9. The smallest absolute Gasteiger partial charge is 0.243 e. The minimum Gasteiger partial charge on any atom is -0.352 e. The predicted octanol–water partition coefficient (Wildman–Crippen LogP) is 5.86. The monoisotopic (exact) mass is 641 g/mol. The van der Waals surface area contributed by atoms with Crippen LogP contribution in [0.1, 0.15) is 49.8 Å². The number of sulfonamides is 1. The van der Waals surface area contributed by atoms with E-state index in [-0.39, 0.29) is 37.4 Å². The van der Waals surface area contributed by atoms with E-state index in [1.807, 2.05) is 87.5 Å². The summed E-state index contributed by atoms with van der Waals surface area (Å²) in [6.45, 7) is 6.30. The lowest BCUT2D eigenvalue weighted by Gasteiger charge is -2.32. The summed E-state index contributed by atoms with van der Waals surface area (Å²) in [4.78, 5) is 29.2. The van der Waals surface area contributed by atoms with Gasteiger partial charge in [0.25, 0.3) is 0 Å². The minimum absolute atomic E-state index is 0.0387. The molecule has 0 aliphatic carbocycles. The molecule has 1 N–H and O–H groups in total. The van der Waals surface area contributed by atoms with Gasteiger partial charge in [0, 0.05) is 36.4 Å². The average molecular weight is 643 g/mol. The zero-order chi connectivity index (χ0) is 30.0. The Morgan fingerprint density at radius 1 is 0.927 bits per heavy atom. The first-order valence-corrected chi connectivity index (χ1v) is 16.5. The van der Waals surface area contributed by atoms with Gasteiger partial charge in [0.1, 0.15) is 6.04 Å². The van der Waals surface area contributed by atoms with Crippen LogP contribution >= 0.6 is 15.9 Å². The molecule has 3 aromatic carbocycles. The number of anilines is 1. The number of amides is 2. The molecule has 0 saturated heterocycles. The summed E-state index contributed by atoms with van der Waals surface area (Å²) < 4.78 is 27.5. The Bertz CT molecular complexity index is 1380. The highest BCUT2D eigenvalue weighted by Gasteiger charge is 2.31. The maximum absolute atomic E-state index is 13.9. The highest BCUT2D eigenvalue weighted by Crippen LogP contribution is 2.21. The second-order valence-electron chi connectivity index (χ2n) is 10.4. The molecule has 3 rings (SSSR count). The molecule has 0 spiro atoms. The zero-order valence-electron chi connectivity index (χ0n) is 24.2. The molecule has 3 aromatic rings. The van der Waals surface area contributed by atoms with Gasteiger partial charge in [0.15, 0.2) is 0 Å². The topological polar surface area (TPSA) is 86.8 Å². The van der Waals surface area contributed by atoms with E-state index < -0.39 is 16.1 Å². The van der Waals surface area contributed by atoms with Crippen molar-refractivity contribution in [3.8, 4) is 0 Å². The van der Waals surface area contributed by atoms with Crippen LogP contribution in [0.5, 0.6) is 0 Å². The molecule has 41 heavy (non-hydrogen) atoms. The van der Waals surface area contributed by atoms with Gasteiger partial charge in [-0.15, -0.1) is 0 Å². The van der Waals surface area contributed by atoms with Gasteiger partial charge < -0.3 is 10.2 Å². The van der Waals surface area contributed by atoms with Gasteiger partial charge in [-0.1, -0.05) is 83.0 Å². The van der Waals surface area contributed by atoms with Gasteiger partial charge in [0.05, 0.1) is 11.9 Å². The van der Waals surface area contributed by atoms with Crippen molar-refractivity contribution in [3.63, 3.8) is 0 Å². The summed E-state index contributed by atoms with van der Waals surface area (Å²) in [7, 11) is -3.55. The second kappa shape index (κ2) is 15.2. The highest BCUT2D eigenvalue weighted by molar-refractivity contribution is 9.10. The summed E-state index contributed by atoms with van der Waals surface area (Å²) in [6, 6.07) is 23.9. The highest BCUT2D eigenvalue weighted by atomic mass is 79.9. The summed E-state index contributed by atoms with van der Waals surface area (Å²) in [6.07, 6.45) is 2.70. The van der Waals surface area contributed by atoms with Gasteiger partial charge in [-0.3, -0.25) is 13.9 Å². The molecule has 220 valence electrons. The predicted molar refractivity (Wildman–Crippen MR) is 169 cm³/mol. The summed E-state index contributed by atoms with van der Waals surface area (Å²) in [5.74, 6) is -0.406. The van der Waals surface area contributed by atoms with Gasteiger partial charge in [-0.2, -0.15) is 0 Å². The Morgan fingerprint density at radius 2 is 1.56 bits per heavy atom. The Kier molecular flexibility index (Phi) is 12.0. The van der Waals surface area contributed by atoms with E-state index in [1.54, 1.807) is 17.0 Å². The SMILES string of the molecule is CCC(C)NC(=O)C(Cc1ccccc1)N(Cc1ccc(Br)cc1)C(=O)CCCN(c1ccc(C)cc1)S(C)(=O)=O. The number of aryl methyl sites for hydroxylation is 1. The molecular weight excluding hydrogens is 602 g/mol. The molecule has 0 aliphatic rings. The number of nitrogens with one attached hydrogen (secondary N) is 1. The Morgan fingerprint density at radius 3 is 2.15 bits per heavy atom. The van der Waals surface area contributed by atoms with Gasteiger partial charge >= 0.3 is 0 Å². The van der Waals surface area contributed by atoms with Crippen LogP contribution in [0.15, 0.2) is 83.3 Å². The van der Waals surface area contributed by atoms with E-state index >= 15 is 0 Å². The Hall–Kier alpha value is -3.17. The van der Waals surface area contributed by atoms with Crippen LogP contribution in [-0.2, 0) is 32.6 Å². The number of rotatable bonds is 14. The van der Waals surface area contributed by atoms with Gasteiger partial charge in [-0.05, 0) is 62.1 Å². The van der Waals surface area contributed by atoms with Crippen LogP contribution in [0.25, 0.3) is 0 Å². The normalized spacial score (nSPS) is 12.8.